The van der Waals surface area contributed by atoms with E-state index in [1.807, 2.05) is 30.3 Å². The fraction of sp³-hybridized carbons (Fsp3) is 0.381. The standard InChI is InChI=1S/C21H25N3O/c1-2-7-18(8-3-1)25-16-6-11-21-23-19-9-4-5-10-20(19)24(21)17-12-14-22-15-13-17/h1-5,7-10,17,22H,6,11-16H2. The van der Waals surface area contributed by atoms with Crippen LogP contribution in [0.1, 0.15) is 31.1 Å². The Labute approximate surface area is 148 Å². The van der Waals surface area contributed by atoms with E-state index in [4.69, 9.17) is 9.72 Å². The number of ether oxygens (including phenoxy) is 1. The van der Waals surface area contributed by atoms with E-state index >= 15 is 0 Å². The lowest BCUT2D eigenvalue weighted by molar-refractivity contribution is 0.306. The third kappa shape index (κ3) is 3.69. The van der Waals surface area contributed by atoms with E-state index in [9.17, 15) is 0 Å². The second kappa shape index (κ2) is 7.70. The highest BCUT2D eigenvalue weighted by Crippen LogP contribution is 2.27. The summed E-state index contributed by atoms with van der Waals surface area (Å²) in [6.45, 7) is 2.90. The molecule has 1 N–H and O–H groups in total. The van der Waals surface area contributed by atoms with Gasteiger partial charge in [-0.05, 0) is 56.6 Å². The molecule has 0 unspecified atom stereocenters. The van der Waals surface area contributed by atoms with Crippen LogP contribution in [-0.2, 0) is 6.42 Å². The number of nitrogens with zero attached hydrogens (tertiary/aromatic N) is 2. The number of hydrogen-bond donors (Lipinski definition) is 1. The molecule has 1 fully saturated rings. The van der Waals surface area contributed by atoms with E-state index in [1.165, 1.54) is 24.2 Å². The van der Waals surface area contributed by atoms with Gasteiger partial charge in [0.05, 0.1) is 17.6 Å². The molecule has 1 aliphatic rings. The van der Waals surface area contributed by atoms with Gasteiger partial charge in [-0.3, -0.25) is 0 Å². The molecular weight excluding hydrogens is 310 g/mol. The average molecular weight is 335 g/mol. The van der Waals surface area contributed by atoms with Crippen LogP contribution < -0.4 is 10.1 Å². The quantitative estimate of drug-likeness (QED) is 0.693. The number of benzene rings is 2. The molecule has 0 bridgehead atoms. The summed E-state index contributed by atoms with van der Waals surface area (Å²) in [5, 5.41) is 3.46. The smallest absolute Gasteiger partial charge is 0.119 e. The first-order valence-corrected chi connectivity index (χ1v) is 9.26. The lowest BCUT2D eigenvalue weighted by Crippen LogP contribution is -2.30. The van der Waals surface area contributed by atoms with Gasteiger partial charge in [0.1, 0.15) is 11.6 Å². The van der Waals surface area contributed by atoms with Gasteiger partial charge in [0.25, 0.3) is 0 Å². The van der Waals surface area contributed by atoms with Crippen LogP contribution in [0.4, 0.5) is 0 Å². The molecule has 4 nitrogen and oxygen atoms in total. The second-order valence-electron chi connectivity index (χ2n) is 6.63. The molecule has 0 atom stereocenters. The Balaban J connectivity index is 1.48. The number of aryl methyl sites for hydroxylation is 1. The highest BCUT2D eigenvalue weighted by Gasteiger charge is 2.20. The Morgan fingerprint density at radius 3 is 2.60 bits per heavy atom. The van der Waals surface area contributed by atoms with E-state index in [1.54, 1.807) is 0 Å². The van der Waals surface area contributed by atoms with E-state index in [-0.39, 0.29) is 0 Å². The molecule has 25 heavy (non-hydrogen) atoms. The molecule has 3 aromatic rings. The van der Waals surface area contributed by atoms with Gasteiger partial charge in [-0.25, -0.2) is 4.98 Å². The molecule has 0 aliphatic carbocycles. The summed E-state index contributed by atoms with van der Waals surface area (Å²) in [7, 11) is 0. The Hall–Kier alpha value is -2.33. The summed E-state index contributed by atoms with van der Waals surface area (Å²) in [6, 6.07) is 19.1. The predicted molar refractivity (Wildman–Crippen MR) is 101 cm³/mol. The molecule has 1 aromatic heterocycles. The summed E-state index contributed by atoms with van der Waals surface area (Å²) in [5.41, 5.74) is 2.38. The third-order valence-corrected chi connectivity index (χ3v) is 4.90. The Morgan fingerprint density at radius 2 is 1.76 bits per heavy atom. The van der Waals surface area contributed by atoms with Crippen molar-refractivity contribution in [1.82, 2.24) is 14.9 Å². The van der Waals surface area contributed by atoms with Gasteiger partial charge in [-0.1, -0.05) is 30.3 Å². The van der Waals surface area contributed by atoms with Crippen molar-refractivity contribution in [1.29, 1.82) is 0 Å². The molecule has 0 saturated carbocycles. The van der Waals surface area contributed by atoms with Crippen LogP contribution in [0.25, 0.3) is 11.0 Å². The van der Waals surface area contributed by atoms with Gasteiger partial charge in [-0.15, -0.1) is 0 Å². The molecule has 1 aliphatic heterocycles. The van der Waals surface area contributed by atoms with Crippen molar-refractivity contribution in [2.24, 2.45) is 0 Å². The van der Waals surface area contributed by atoms with Gasteiger partial charge in [0.2, 0.25) is 0 Å². The van der Waals surface area contributed by atoms with E-state index < -0.39 is 0 Å². The summed E-state index contributed by atoms with van der Waals surface area (Å²) in [6.07, 6.45) is 4.27. The first kappa shape index (κ1) is 16.2. The zero-order valence-corrected chi connectivity index (χ0v) is 14.5. The number of fused-ring (bicyclic) bond motifs is 1. The molecule has 0 spiro atoms. The summed E-state index contributed by atoms with van der Waals surface area (Å²) >= 11 is 0. The van der Waals surface area contributed by atoms with Crippen molar-refractivity contribution >= 4 is 11.0 Å². The molecule has 2 aromatic carbocycles. The fourth-order valence-corrected chi connectivity index (χ4v) is 3.68. The van der Waals surface area contributed by atoms with Gasteiger partial charge in [0, 0.05) is 12.5 Å². The van der Waals surface area contributed by atoms with Crippen LogP contribution >= 0.6 is 0 Å². The van der Waals surface area contributed by atoms with Crippen molar-refractivity contribution in [3.8, 4) is 5.75 Å². The van der Waals surface area contributed by atoms with Crippen LogP contribution in [0, 0.1) is 0 Å². The highest BCUT2D eigenvalue weighted by atomic mass is 16.5. The zero-order valence-electron chi connectivity index (χ0n) is 14.5. The predicted octanol–water partition coefficient (Wildman–Crippen LogP) is 3.97. The maximum Gasteiger partial charge on any atom is 0.119 e. The van der Waals surface area contributed by atoms with Crippen LogP contribution in [0.2, 0.25) is 0 Å². The van der Waals surface area contributed by atoms with Gasteiger partial charge in [0.15, 0.2) is 0 Å². The molecule has 2 heterocycles. The van der Waals surface area contributed by atoms with Gasteiger partial charge < -0.3 is 14.6 Å². The number of aromatic nitrogens is 2. The first-order valence-electron chi connectivity index (χ1n) is 9.26. The Kier molecular flexibility index (Phi) is 4.98. The molecule has 0 radical (unpaired) electrons. The largest absolute Gasteiger partial charge is 0.494 e. The first-order chi connectivity index (χ1) is 12.4. The number of nitrogens with one attached hydrogen (secondary N) is 1. The lowest BCUT2D eigenvalue weighted by atomic mass is 10.1. The van der Waals surface area contributed by atoms with Crippen LogP contribution in [0.3, 0.4) is 0 Å². The third-order valence-electron chi connectivity index (χ3n) is 4.90. The lowest BCUT2D eigenvalue weighted by Gasteiger charge is -2.26. The van der Waals surface area contributed by atoms with Crippen LogP contribution in [-0.4, -0.2) is 29.2 Å². The molecule has 1 saturated heterocycles. The molecule has 0 amide bonds. The maximum absolute atomic E-state index is 5.84. The summed E-state index contributed by atoms with van der Waals surface area (Å²) < 4.78 is 8.32. The second-order valence-corrected chi connectivity index (χ2v) is 6.63. The van der Waals surface area contributed by atoms with Gasteiger partial charge in [-0.2, -0.15) is 0 Å². The number of rotatable bonds is 6. The van der Waals surface area contributed by atoms with Crippen molar-refractivity contribution in [2.45, 2.75) is 31.7 Å². The van der Waals surface area contributed by atoms with Crippen LogP contribution in [0.5, 0.6) is 5.75 Å². The minimum Gasteiger partial charge on any atom is -0.494 e. The minimum absolute atomic E-state index is 0.554. The van der Waals surface area contributed by atoms with Gasteiger partial charge >= 0.3 is 0 Å². The maximum atomic E-state index is 5.84. The molecular formula is C21H25N3O. The average Bonchev–Trinajstić information content (AvgIpc) is 3.05. The number of piperidine rings is 1. The number of para-hydroxylation sites is 3. The number of imidazole rings is 1. The van der Waals surface area contributed by atoms with E-state index in [0.29, 0.717) is 6.04 Å². The minimum atomic E-state index is 0.554. The van der Waals surface area contributed by atoms with Crippen molar-refractivity contribution in [3.63, 3.8) is 0 Å². The molecule has 4 rings (SSSR count). The number of hydrogen-bond acceptors (Lipinski definition) is 3. The Bertz CT molecular complexity index is 806. The van der Waals surface area contributed by atoms with Crippen molar-refractivity contribution in [2.75, 3.05) is 19.7 Å². The van der Waals surface area contributed by atoms with E-state index in [0.717, 1.165) is 43.8 Å². The SMILES string of the molecule is c1ccc(OCCCc2nc3ccccc3n2C2CCNCC2)cc1. The topological polar surface area (TPSA) is 39.1 Å². The summed E-state index contributed by atoms with van der Waals surface area (Å²) in [5.74, 6) is 2.14. The zero-order chi connectivity index (χ0) is 16.9. The molecule has 130 valence electrons. The highest BCUT2D eigenvalue weighted by molar-refractivity contribution is 5.76. The fourth-order valence-electron chi connectivity index (χ4n) is 3.68. The van der Waals surface area contributed by atoms with Crippen LogP contribution in [0.15, 0.2) is 54.6 Å². The Morgan fingerprint density at radius 1 is 1.00 bits per heavy atom. The van der Waals surface area contributed by atoms with Crippen molar-refractivity contribution in [3.05, 3.63) is 60.4 Å². The monoisotopic (exact) mass is 335 g/mol. The van der Waals surface area contributed by atoms with Crippen molar-refractivity contribution < 1.29 is 4.74 Å². The molecule has 4 heteroatoms. The normalized spacial score (nSPS) is 15.5. The van der Waals surface area contributed by atoms with E-state index in [2.05, 4.69) is 34.1 Å². The summed E-state index contributed by atoms with van der Waals surface area (Å²) in [4.78, 5) is 4.92.